The second-order valence-corrected chi connectivity index (χ2v) is 6.19. The van der Waals surface area contributed by atoms with Gasteiger partial charge in [-0.05, 0) is 31.0 Å². The van der Waals surface area contributed by atoms with Crippen molar-refractivity contribution in [3.8, 4) is 0 Å². The fourth-order valence-corrected chi connectivity index (χ4v) is 2.40. The summed E-state index contributed by atoms with van der Waals surface area (Å²) in [7, 11) is -3.43. The van der Waals surface area contributed by atoms with E-state index in [9.17, 15) is 13.2 Å². The number of carboxylic acid groups (broad SMARTS) is 1. The minimum atomic E-state index is -3.43. The predicted octanol–water partition coefficient (Wildman–Crippen LogP) is 1.36. The van der Waals surface area contributed by atoms with Crippen molar-refractivity contribution in [2.45, 2.75) is 23.8 Å². The zero-order valence-electron chi connectivity index (χ0n) is 9.30. The van der Waals surface area contributed by atoms with Crippen molar-refractivity contribution in [2.24, 2.45) is 0 Å². The van der Waals surface area contributed by atoms with E-state index in [0.29, 0.717) is 11.7 Å². The summed E-state index contributed by atoms with van der Waals surface area (Å²) >= 11 is 0. The van der Waals surface area contributed by atoms with Crippen molar-refractivity contribution < 1.29 is 18.3 Å². The molecule has 0 spiro atoms. The Morgan fingerprint density at radius 3 is 2.53 bits per heavy atom. The Morgan fingerprint density at radius 2 is 2.06 bits per heavy atom. The van der Waals surface area contributed by atoms with Crippen LogP contribution in [0.15, 0.2) is 23.1 Å². The Hall–Kier alpha value is -1.56. The van der Waals surface area contributed by atoms with Crippen LogP contribution in [0.5, 0.6) is 0 Å². The van der Waals surface area contributed by atoms with Crippen molar-refractivity contribution in [1.29, 1.82) is 0 Å². The predicted molar refractivity (Wildman–Crippen MR) is 63.2 cm³/mol. The van der Waals surface area contributed by atoms with E-state index in [1.54, 1.807) is 0 Å². The molecule has 0 aliphatic heterocycles. The SMILES string of the molecule is CS(=O)(=O)c1cc(C(=O)O)ccc1NC1CC1. The molecule has 17 heavy (non-hydrogen) atoms. The van der Waals surface area contributed by atoms with Gasteiger partial charge in [-0.2, -0.15) is 0 Å². The zero-order valence-corrected chi connectivity index (χ0v) is 10.1. The summed E-state index contributed by atoms with van der Waals surface area (Å²) in [5.74, 6) is -1.13. The van der Waals surface area contributed by atoms with Gasteiger partial charge in [0.05, 0.1) is 16.1 Å². The van der Waals surface area contributed by atoms with Gasteiger partial charge in [-0.25, -0.2) is 13.2 Å². The Kier molecular flexibility index (Phi) is 2.82. The monoisotopic (exact) mass is 255 g/mol. The maximum absolute atomic E-state index is 11.6. The van der Waals surface area contributed by atoms with E-state index in [0.717, 1.165) is 19.1 Å². The Labute approximate surface area is 99.4 Å². The molecule has 1 fully saturated rings. The third-order valence-electron chi connectivity index (χ3n) is 2.57. The van der Waals surface area contributed by atoms with Crippen LogP contribution in [0.4, 0.5) is 5.69 Å². The second-order valence-electron chi connectivity index (χ2n) is 4.21. The molecule has 5 nitrogen and oxygen atoms in total. The lowest BCUT2D eigenvalue weighted by Gasteiger charge is -2.10. The first kappa shape index (κ1) is 11.9. The van der Waals surface area contributed by atoms with Crippen LogP contribution >= 0.6 is 0 Å². The third kappa shape index (κ3) is 2.76. The molecule has 0 radical (unpaired) electrons. The van der Waals surface area contributed by atoms with Crippen LogP contribution in [0.25, 0.3) is 0 Å². The largest absolute Gasteiger partial charge is 0.478 e. The molecule has 0 amide bonds. The van der Waals surface area contributed by atoms with Crippen molar-refractivity contribution in [3.63, 3.8) is 0 Å². The highest BCUT2D eigenvalue weighted by atomic mass is 32.2. The molecule has 1 saturated carbocycles. The van der Waals surface area contributed by atoms with Crippen molar-refractivity contribution in [3.05, 3.63) is 23.8 Å². The lowest BCUT2D eigenvalue weighted by Crippen LogP contribution is -2.09. The zero-order chi connectivity index (χ0) is 12.6. The lowest BCUT2D eigenvalue weighted by molar-refractivity contribution is 0.0696. The molecule has 1 aromatic carbocycles. The summed E-state index contributed by atoms with van der Waals surface area (Å²) in [4.78, 5) is 10.9. The van der Waals surface area contributed by atoms with Crippen LogP contribution in [0.2, 0.25) is 0 Å². The Morgan fingerprint density at radius 1 is 1.41 bits per heavy atom. The average Bonchev–Trinajstić information content (AvgIpc) is 3.00. The van der Waals surface area contributed by atoms with E-state index < -0.39 is 15.8 Å². The molecule has 0 atom stereocenters. The molecular formula is C11H13NO4S. The van der Waals surface area contributed by atoms with E-state index in [-0.39, 0.29) is 10.5 Å². The van der Waals surface area contributed by atoms with Gasteiger partial charge >= 0.3 is 5.97 Å². The molecule has 1 aromatic rings. The molecule has 0 saturated heterocycles. The molecule has 0 heterocycles. The standard InChI is InChI=1S/C11H13NO4S/c1-17(15,16)10-6-7(11(13)14)2-5-9(10)12-8-3-4-8/h2,5-6,8,12H,3-4H2,1H3,(H,13,14). The highest BCUT2D eigenvalue weighted by Gasteiger charge is 2.24. The van der Waals surface area contributed by atoms with Crippen molar-refractivity contribution in [1.82, 2.24) is 0 Å². The maximum atomic E-state index is 11.6. The first-order valence-corrected chi connectivity index (χ1v) is 7.11. The van der Waals surface area contributed by atoms with Crippen LogP contribution in [-0.2, 0) is 9.84 Å². The summed E-state index contributed by atoms with van der Waals surface area (Å²) in [6.45, 7) is 0. The number of hydrogen-bond donors (Lipinski definition) is 2. The third-order valence-corrected chi connectivity index (χ3v) is 3.70. The summed E-state index contributed by atoms with van der Waals surface area (Å²) < 4.78 is 23.2. The number of carboxylic acids is 1. The van der Waals surface area contributed by atoms with E-state index in [4.69, 9.17) is 5.11 Å². The topological polar surface area (TPSA) is 83.5 Å². The van der Waals surface area contributed by atoms with Crippen LogP contribution in [-0.4, -0.2) is 31.8 Å². The van der Waals surface area contributed by atoms with E-state index in [1.165, 1.54) is 18.2 Å². The maximum Gasteiger partial charge on any atom is 0.335 e. The number of aromatic carboxylic acids is 1. The normalized spacial score (nSPS) is 15.6. The van der Waals surface area contributed by atoms with Crippen LogP contribution in [0.3, 0.4) is 0 Å². The van der Waals surface area contributed by atoms with E-state index in [2.05, 4.69) is 5.32 Å². The van der Waals surface area contributed by atoms with Gasteiger partial charge in [0.2, 0.25) is 0 Å². The van der Waals surface area contributed by atoms with E-state index >= 15 is 0 Å². The van der Waals surface area contributed by atoms with Gasteiger partial charge in [-0.15, -0.1) is 0 Å². The van der Waals surface area contributed by atoms with Gasteiger partial charge in [-0.3, -0.25) is 0 Å². The molecule has 0 bridgehead atoms. The number of anilines is 1. The minimum Gasteiger partial charge on any atom is -0.478 e. The molecule has 2 N–H and O–H groups in total. The van der Waals surface area contributed by atoms with Gasteiger partial charge in [0.25, 0.3) is 0 Å². The molecule has 0 aromatic heterocycles. The summed E-state index contributed by atoms with van der Waals surface area (Å²) in [6.07, 6.45) is 3.11. The van der Waals surface area contributed by atoms with Gasteiger partial charge in [-0.1, -0.05) is 0 Å². The molecule has 0 unspecified atom stereocenters. The van der Waals surface area contributed by atoms with Crippen molar-refractivity contribution >= 4 is 21.5 Å². The van der Waals surface area contributed by atoms with Crippen LogP contribution in [0.1, 0.15) is 23.2 Å². The van der Waals surface area contributed by atoms with E-state index in [1.807, 2.05) is 0 Å². The number of rotatable bonds is 4. The molecular weight excluding hydrogens is 242 g/mol. The van der Waals surface area contributed by atoms with Gasteiger partial charge in [0, 0.05) is 12.3 Å². The molecule has 2 rings (SSSR count). The molecule has 6 heteroatoms. The second kappa shape index (κ2) is 4.03. The number of nitrogens with one attached hydrogen (secondary N) is 1. The quantitative estimate of drug-likeness (QED) is 0.848. The first-order valence-electron chi connectivity index (χ1n) is 5.22. The highest BCUT2D eigenvalue weighted by Crippen LogP contribution is 2.29. The Balaban J connectivity index is 2.47. The molecule has 1 aliphatic carbocycles. The smallest absolute Gasteiger partial charge is 0.335 e. The number of carbonyl (C=O) groups is 1. The molecule has 92 valence electrons. The lowest BCUT2D eigenvalue weighted by atomic mass is 10.2. The summed E-state index contributed by atoms with van der Waals surface area (Å²) in [6, 6.07) is 4.42. The Bertz CT molecular complexity index is 561. The fourth-order valence-electron chi connectivity index (χ4n) is 1.53. The van der Waals surface area contributed by atoms with Crippen molar-refractivity contribution in [2.75, 3.05) is 11.6 Å². The van der Waals surface area contributed by atoms with Crippen LogP contribution in [0, 0.1) is 0 Å². The van der Waals surface area contributed by atoms with Crippen LogP contribution < -0.4 is 5.32 Å². The number of sulfone groups is 1. The fraction of sp³-hybridized carbons (Fsp3) is 0.364. The van der Waals surface area contributed by atoms with Gasteiger partial charge in [0.1, 0.15) is 0 Å². The summed E-state index contributed by atoms with van der Waals surface area (Å²) in [5.41, 5.74) is 0.465. The number of hydrogen-bond acceptors (Lipinski definition) is 4. The minimum absolute atomic E-state index is 0.0215. The van der Waals surface area contributed by atoms with Gasteiger partial charge in [0.15, 0.2) is 9.84 Å². The van der Waals surface area contributed by atoms with Gasteiger partial charge < -0.3 is 10.4 Å². The molecule has 1 aliphatic rings. The first-order chi connectivity index (χ1) is 7.88. The average molecular weight is 255 g/mol. The number of benzene rings is 1. The highest BCUT2D eigenvalue weighted by molar-refractivity contribution is 7.90. The summed E-state index contributed by atoms with van der Waals surface area (Å²) in [5, 5.41) is 11.9.